The quantitative estimate of drug-likeness (QED) is 0.548. The van der Waals surface area contributed by atoms with Gasteiger partial charge in [-0.15, -0.1) is 0 Å². The molecule has 0 spiro atoms. The van der Waals surface area contributed by atoms with E-state index in [-0.39, 0.29) is 0 Å². The van der Waals surface area contributed by atoms with Crippen molar-refractivity contribution in [2.24, 2.45) is 0 Å². The van der Waals surface area contributed by atoms with Gasteiger partial charge in [0.25, 0.3) is 0 Å². The first-order valence-corrected chi connectivity index (χ1v) is 10.2. The molecule has 3 rings (SSSR count). The molecule has 0 aliphatic carbocycles. The van der Waals surface area contributed by atoms with Crippen LogP contribution in [0.1, 0.15) is 24.5 Å². The van der Waals surface area contributed by atoms with Crippen molar-refractivity contribution in [2.45, 2.75) is 25.5 Å². The summed E-state index contributed by atoms with van der Waals surface area (Å²) in [5.41, 5.74) is 2.68. The number of hydrogen-bond acceptors (Lipinski definition) is 3. The topological polar surface area (TPSA) is 58.6 Å². The van der Waals surface area contributed by atoms with Crippen molar-refractivity contribution in [3.8, 4) is 17.2 Å². The van der Waals surface area contributed by atoms with Crippen LogP contribution in [0.5, 0.6) is 17.2 Å². The highest BCUT2D eigenvalue weighted by Gasteiger charge is 2.05. The highest BCUT2D eigenvalue weighted by atomic mass is 32.2. The Morgan fingerprint density at radius 3 is 2.37 bits per heavy atom. The third-order valence-corrected chi connectivity index (χ3v) is 5.09. The number of nitrogens with one attached hydrogen (secondary N) is 1. The lowest BCUT2D eigenvalue weighted by atomic mass is 10.1. The summed E-state index contributed by atoms with van der Waals surface area (Å²) in [5, 5.41) is 9.87. The van der Waals surface area contributed by atoms with E-state index in [1.54, 1.807) is 12.1 Å². The number of phenols is 1. The van der Waals surface area contributed by atoms with Gasteiger partial charge in [0.2, 0.25) is 0 Å². The Morgan fingerprint density at radius 1 is 0.963 bits per heavy atom. The molecule has 140 valence electrons. The molecule has 0 aliphatic heterocycles. The third-order valence-electron chi connectivity index (χ3n) is 4.03. The summed E-state index contributed by atoms with van der Waals surface area (Å²) < 4.78 is 21.1. The SMILES string of the molecule is CCCc1cc(Oc2ccc(NS(=O)Cc3ccccc3)cc2)ccc1O. The van der Waals surface area contributed by atoms with Crippen LogP contribution in [0.4, 0.5) is 5.69 Å². The van der Waals surface area contributed by atoms with Gasteiger partial charge in [0, 0.05) is 5.69 Å². The number of rotatable bonds is 8. The van der Waals surface area contributed by atoms with E-state index < -0.39 is 11.0 Å². The first kappa shape index (κ1) is 19.0. The fourth-order valence-electron chi connectivity index (χ4n) is 2.72. The minimum atomic E-state index is -1.19. The summed E-state index contributed by atoms with van der Waals surface area (Å²) >= 11 is 0. The van der Waals surface area contributed by atoms with E-state index in [1.165, 1.54) is 0 Å². The van der Waals surface area contributed by atoms with E-state index in [0.717, 1.165) is 29.7 Å². The summed E-state index contributed by atoms with van der Waals surface area (Å²) in [6.45, 7) is 2.07. The Morgan fingerprint density at radius 2 is 1.67 bits per heavy atom. The normalized spacial score (nSPS) is 11.7. The number of anilines is 1. The maximum Gasteiger partial charge on any atom is 0.127 e. The van der Waals surface area contributed by atoms with Crippen molar-refractivity contribution in [3.63, 3.8) is 0 Å². The largest absolute Gasteiger partial charge is 0.508 e. The van der Waals surface area contributed by atoms with Crippen molar-refractivity contribution < 1.29 is 14.1 Å². The predicted octanol–water partition coefficient (Wildman–Crippen LogP) is 5.41. The standard InChI is InChI=1S/C22H23NO3S/c1-2-6-18-15-21(13-14-22(18)24)26-20-11-9-19(10-12-20)23-27(25)16-17-7-4-3-5-8-17/h3-5,7-15,23-24H,2,6,16H2,1H3. The fourth-order valence-corrected chi connectivity index (χ4v) is 3.68. The first-order chi connectivity index (χ1) is 13.1. The predicted molar refractivity (Wildman–Crippen MR) is 111 cm³/mol. The molecular formula is C22H23NO3S. The van der Waals surface area contributed by atoms with Crippen LogP contribution in [0.15, 0.2) is 72.8 Å². The molecular weight excluding hydrogens is 358 g/mol. The molecule has 0 saturated carbocycles. The van der Waals surface area contributed by atoms with E-state index in [9.17, 15) is 9.32 Å². The summed E-state index contributed by atoms with van der Waals surface area (Å²) in [6, 6.07) is 22.3. The number of ether oxygens (including phenoxy) is 1. The average Bonchev–Trinajstić information content (AvgIpc) is 2.67. The van der Waals surface area contributed by atoms with Crippen LogP contribution in [-0.2, 0) is 23.2 Å². The molecule has 0 bridgehead atoms. The van der Waals surface area contributed by atoms with Crippen LogP contribution in [0.3, 0.4) is 0 Å². The zero-order valence-electron chi connectivity index (χ0n) is 15.2. The molecule has 0 aliphatic rings. The highest BCUT2D eigenvalue weighted by molar-refractivity contribution is 7.85. The van der Waals surface area contributed by atoms with E-state index in [4.69, 9.17) is 4.74 Å². The molecule has 0 heterocycles. The van der Waals surface area contributed by atoms with Gasteiger partial charge in [0.15, 0.2) is 0 Å². The van der Waals surface area contributed by atoms with Crippen LogP contribution in [0, 0.1) is 0 Å². The van der Waals surface area contributed by atoms with Gasteiger partial charge >= 0.3 is 0 Å². The van der Waals surface area contributed by atoms with Gasteiger partial charge in [-0.25, -0.2) is 4.21 Å². The summed E-state index contributed by atoms with van der Waals surface area (Å²) in [5.74, 6) is 2.11. The van der Waals surface area contributed by atoms with E-state index >= 15 is 0 Å². The Hall–Kier alpha value is -2.79. The molecule has 1 atom stereocenters. The molecule has 27 heavy (non-hydrogen) atoms. The molecule has 2 N–H and O–H groups in total. The van der Waals surface area contributed by atoms with Crippen LogP contribution >= 0.6 is 0 Å². The van der Waals surface area contributed by atoms with Crippen LogP contribution in [0.25, 0.3) is 0 Å². The van der Waals surface area contributed by atoms with E-state index in [1.807, 2.05) is 60.7 Å². The van der Waals surface area contributed by atoms with Crippen molar-refractivity contribution in [1.29, 1.82) is 0 Å². The number of hydrogen-bond donors (Lipinski definition) is 2. The summed E-state index contributed by atoms with van der Waals surface area (Å²) in [4.78, 5) is 0. The van der Waals surface area contributed by atoms with Crippen molar-refractivity contribution in [3.05, 3.63) is 83.9 Å². The zero-order valence-corrected chi connectivity index (χ0v) is 16.0. The maximum atomic E-state index is 12.2. The molecule has 0 radical (unpaired) electrons. The first-order valence-electron chi connectivity index (χ1n) is 8.93. The molecule has 0 fully saturated rings. The molecule has 1 unspecified atom stereocenters. The zero-order chi connectivity index (χ0) is 19.1. The average molecular weight is 381 g/mol. The fraction of sp³-hybridized carbons (Fsp3) is 0.182. The second kappa shape index (κ2) is 9.24. The second-order valence-corrected chi connectivity index (χ2v) is 7.43. The molecule has 0 saturated heterocycles. The van der Waals surface area contributed by atoms with Gasteiger partial charge in [0.1, 0.15) is 28.2 Å². The summed E-state index contributed by atoms with van der Waals surface area (Å²) in [7, 11) is -1.19. The smallest absolute Gasteiger partial charge is 0.127 e. The monoisotopic (exact) mass is 381 g/mol. The Bertz CT molecular complexity index is 895. The number of phenolic OH excluding ortho intramolecular Hbond substituents is 1. The second-order valence-electron chi connectivity index (χ2n) is 6.24. The van der Waals surface area contributed by atoms with E-state index in [0.29, 0.717) is 23.0 Å². The lowest BCUT2D eigenvalue weighted by molar-refractivity contribution is 0.457. The van der Waals surface area contributed by atoms with Gasteiger partial charge in [-0.1, -0.05) is 43.7 Å². The van der Waals surface area contributed by atoms with Gasteiger partial charge in [-0.3, -0.25) is 0 Å². The Labute approximate surface area is 162 Å². The molecule has 4 nitrogen and oxygen atoms in total. The lowest BCUT2D eigenvalue weighted by Crippen LogP contribution is -2.06. The van der Waals surface area contributed by atoms with Gasteiger partial charge < -0.3 is 14.6 Å². The van der Waals surface area contributed by atoms with Gasteiger partial charge in [-0.2, -0.15) is 0 Å². The maximum absolute atomic E-state index is 12.2. The molecule has 0 aromatic heterocycles. The van der Waals surface area contributed by atoms with Crippen molar-refractivity contribution in [1.82, 2.24) is 0 Å². The Kier molecular flexibility index (Phi) is 6.49. The van der Waals surface area contributed by atoms with Crippen LogP contribution < -0.4 is 9.46 Å². The van der Waals surface area contributed by atoms with Gasteiger partial charge in [-0.05, 0) is 60.0 Å². The van der Waals surface area contributed by atoms with Crippen LogP contribution in [0.2, 0.25) is 0 Å². The number of benzene rings is 3. The molecule has 3 aromatic carbocycles. The molecule has 5 heteroatoms. The highest BCUT2D eigenvalue weighted by Crippen LogP contribution is 2.28. The van der Waals surface area contributed by atoms with Crippen molar-refractivity contribution >= 4 is 16.7 Å². The summed E-state index contributed by atoms with van der Waals surface area (Å²) in [6.07, 6.45) is 1.76. The van der Waals surface area contributed by atoms with E-state index in [2.05, 4.69) is 11.6 Å². The van der Waals surface area contributed by atoms with Crippen molar-refractivity contribution in [2.75, 3.05) is 4.72 Å². The minimum absolute atomic E-state index is 0.296. The number of aryl methyl sites for hydroxylation is 1. The Balaban J connectivity index is 1.60. The number of aromatic hydroxyl groups is 1. The van der Waals surface area contributed by atoms with Crippen LogP contribution in [-0.4, -0.2) is 9.32 Å². The minimum Gasteiger partial charge on any atom is -0.508 e. The molecule has 3 aromatic rings. The van der Waals surface area contributed by atoms with Gasteiger partial charge in [0.05, 0.1) is 5.75 Å². The third kappa shape index (κ3) is 5.59. The lowest BCUT2D eigenvalue weighted by Gasteiger charge is -2.10. The molecule has 0 amide bonds.